The Hall–Kier alpha value is -1.71. The van der Waals surface area contributed by atoms with Crippen molar-refractivity contribution in [3.05, 3.63) is 23.8 Å². The molecule has 0 amide bonds. The molecule has 0 aliphatic rings. The highest BCUT2D eigenvalue weighted by molar-refractivity contribution is 5.90. The summed E-state index contributed by atoms with van der Waals surface area (Å²) in [7, 11) is 0. The van der Waals surface area contributed by atoms with Gasteiger partial charge < -0.3 is 14.2 Å². The van der Waals surface area contributed by atoms with Gasteiger partial charge in [0.25, 0.3) is 0 Å². The number of rotatable bonds is 8. The molecule has 0 aromatic heterocycles. The number of esters is 1. The van der Waals surface area contributed by atoms with E-state index in [2.05, 4.69) is 6.92 Å². The maximum absolute atomic E-state index is 11.9. The summed E-state index contributed by atoms with van der Waals surface area (Å²) >= 11 is 0. The van der Waals surface area contributed by atoms with Crippen molar-refractivity contribution in [3.63, 3.8) is 0 Å². The van der Waals surface area contributed by atoms with Gasteiger partial charge in [-0.3, -0.25) is 0 Å². The van der Waals surface area contributed by atoms with Crippen molar-refractivity contribution in [2.24, 2.45) is 0 Å². The van der Waals surface area contributed by atoms with E-state index in [0.29, 0.717) is 30.3 Å². The normalized spacial score (nSPS) is 10.4. The molecule has 4 heteroatoms. The van der Waals surface area contributed by atoms with Crippen LogP contribution < -0.4 is 9.47 Å². The molecule has 0 heterocycles. The van der Waals surface area contributed by atoms with Crippen LogP contribution in [0.25, 0.3) is 0 Å². The van der Waals surface area contributed by atoms with Gasteiger partial charge in [0, 0.05) is 0 Å². The number of benzene rings is 1. The van der Waals surface area contributed by atoms with E-state index >= 15 is 0 Å². The Bertz CT molecular complexity index is 426. The lowest BCUT2D eigenvalue weighted by molar-refractivity contribution is 0.0499. The zero-order chi connectivity index (χ0) is 15.0. The second-order valence-corrected chi connectivity index (χ2v) is 4.75. The molecule has 0 bridgehead atoms. The van der Waals surface area contributed by atoms with Gasteiger partial charge in [-0.15, -0.1) is 0 Å². The molecular weight excluding hydrogens is 256 g/mol. The van der Waals surface area contributed by atoms with Crippen LogP contribution in [0.1, 0.15) is 50.9 Å². The molecule has 0 N–H and O–H groups in total. The molecule has 0 aliphatic carbocycles. The molecule has 20 heavy (non-hydrogen) atoms. The summed E-state index contributed by atoms with van der Waals surface area (Å²) in [6.45, 7) is 8.81. The van der Waals surface area contributed by atoms with E-state index in [1.165, 1.54) is 0 Å². The van der Waals surface area contributed by atoms with Gasteiger partial charge in [0.1, 0.15) is 0 Å². The van der Waals surface area contributed by atoms with Crippen molar-refractivity contribution in [2.75, 3.05) is 13.2 Å². The Morgan fingerprint density at radius 3 is 2.55 bits per heavy atom. The summed E-state index contributed by atoms with van der Waals surface area (Å²) < 4.78 is 16.4. The Kier molecular flexibility index (Phi) is 6.91. The van der Waals surface area contributed by atoms with Gasteiger partial charge in [-0.25, -0.2) is 4.79 Å². The van der Waals surface area contributed by atoms with Crippen molar-refractivity contribution >= 4 is 5.97 Å². The minimum Gasteiger partial charge on any atom is -0.490 e. The molecule has 0 spiro atoms. The largest absolute Gasteiger partial charge is 0.490 e. The Balaban J connectivity index is 2.83. The van der Waals surface area contributed by atoms with E-state index < -0.39 is 0 Å². The van der Waals surface area contributed by atoms with Crippen LogP contribution in [-0.4, -0.2) is 25.3 Å². The molecule has 1 aromatic rings. The first-order chi connectivity index (χ1) is 9.58. The Labute approximate surface area is 121 Å². The summed E-state index contributed by atoms with van der Waals surface area (Å²) in [6, 6.07) is 5.13. The van der Waals surface area contributed by atoms with Crippen molar-refractivity contribution in [3.8, 4) is 11.5 Å². The maximum atomic E-state index is 11.9. The van der Waals surface area contributed by atoms with Crippen LogP contribution in [0.2, 0.25) is 0 Å². The van der Waals surface area contributed by atoms with Crippen molar-refractivity contribution in [2.45, 2.75) is 46.6 Å². The molecule has 112 valence electrons. The molecule has 0 atom stereocenters. The minimum absolute atomic E-state index is 0.0524. The SMILES string of the molecule is CCCCOC(=O)c1ccc(OC(C)C)c(OCC)c1. The second kappa shape index (κ2) is 8.46. The van der Waals surface area contributed by atoms with E-state index in [9.17, 15) is 4.79 Å². The van der Waals surface area contributed by atoms with Crippen LogP contribution in [0.4, 0.5) is 0 Å². The van der Waals surface area contributed by atoms with E-state index in [1.54, 1.807) is 18.2 Å². The molecule has 4 nitrogen and oxygen atoms in total. The van der Waals surface area contributed by atoms with E-state index in [4.69, 9.17) is 14.2 Å². The van der Waals surface area contributed by atoms with Crippen LogP contribution in [0, 0.1) is 0 Å². The Morgan fingerprint density at radius 1 is 1.20 bits per heavy atom. The zero-order valence-corrected chi connectivity index (χ0v) is 12.8. The number of carbonyl (C=O) groups is 1. The molecule has 1 aromatic carbocycles. The number of ether oxygens (including phenoxy) is 3. The molecule has 1 rings (SSSR count). The van der Waals surface area contributed by atoms with Gasteiger partial charge in [-0.1, -0.05) is 13.3 Å². The first kappa shape index (κ1) is 16.3. The van der Waals surface area contributed by atoms with Crippen LogP contribution in [0.15, 0.2) is 18.2 Å². The first-order valence-corrected chi connectivity index (χ1v) is 7.19. The minimum atomic E-state index is -0.324. The number of hydrogen-bond donors (Lipinski definition) is 0. The highest BCUT2D eigenvalue weighted by atomic mass is 16.5. The molecule has 0 saturated heterocycles. The number of unbranched alkanes of at least 4 members (excludes halogenated alkanes) is 1. The van der Waals surface area contributed by atoms with E-state index in [0.717, 1.165) is 12.8 Å². The second-order valence-electron chi connectivity index (χ2n) is 4.75. The Morgan fingerprint density at radius 2 is 1.95 bits per heavy atom. The zero-order valence-electron chi connectivity index (χ0n) is 12.8. The van der Waals surface area contributed by atoms with Crippen molar-refractivity contribution in [1.82, 2.24) is 0 Å². The van der Waals surface area contributed by atoms with Crippen molar-refractivity contribution < 1.29 is 19.0 Å². The van der Waals surface area contributed by atoms with Crippen LogP contribution >= 0.6 is 0 Å². The molecule has 0 radical (unpaired) electrons. The van der Waals surface area contributed by atoms with Crippen molar-refractivity contribution in [1.29, 1.82) is 0 Å². The highest BCUT2D eigenvalue weighted by Crippen LogP contribution is 2.29. The first-order valence-electron chi connectivity index (χ1n) is 7.19. The van der Waals surface area contributed by atoms with E-state index in [-0.39, 0.29) is 12.1 Å². The number of hydrogen-bond acceptors (Lipinski definition) is 4. The molecular formula is C16H24O4. The topological polar surface area (TPSA) is 44.8 Å². The summed E-state index contributed by atoms with van der Waals surface area (Å²) in [4.78, 5) is 11.9. The fourth-order valence-electron chi connectivity index (χ4n) is 1.65. The molecule has 0 unspecified atom stereocenters. The lowest BCUT2D eigenvalue weighted by atomic mass is 10.2. The fourth-order valence-corrected chi connectivity index (χ4v) is 1.65. The summed E-state index contributed by atoms with van der Waals surface area (Å²) in [5.74, 6) is 0.897. The van der Waals surface area contributed by atoms with Gasteiger partial charge >= 0.3 is 5.97 Å². The fraction of sp³-hybridized carbons (Fsp3) is 0.562. The third-order valence-corrected chi connectivity index (χ3v) is 2.57. The molecule has 0 aliphatic heterocycles. The summed E-state index contributed by atoms with van der Waals surface area (Å²) in [6.07, 6.45) is 1.92. The van der Waals surface area contributed by atoms with Crippen LogP contribution in [0.5, 0.6) is 11.5 Å². The van der Waals surface area contributed by atoms with Gasteiger partial charge in [0.05, 0.1) is 24.9 Å². The van der Waals surface area contributed by atoms with Crippen LogP contribution in [0.3, 0.4) is 0 Å². The van der Waals surface area contributed by atoms with Gasteiger partial charge in [0.15, 0.2) is 11.5 Å². The molecule has 0 saturated carbocycles. The van der Waals surface area contributed by atoms with Gasteiger partial charge in [-0.05, 0) is 45.4 Å². The smallest absolute Gasteiger partial charge is 0.338 e. The lowest BCUT2D eigenvalue weighted by Gasteiger charge is -2.15. The third-order valence-electron chi connectivity index (χ3n) is 2.57. The predicted molar refractivity (Wildman–Crippen MR) is 78.6 cm³/mol. The highest BCUT2D eigenvalue weighted by Gasteiger charge is 2.13. The lowest BCUT2D eigenvalue weighted by Crippen LogP contribution is -2.10. The summed E-state index contributed by atoms with van der Waals surface area (Å²) in [5.41, 5.74) is 0.487. The number of carbonyl (C=O) groups excluding carboxylic acids is 1. The van der Waals surface area contributed by atoms with Crippen LogP contribution in [-0.2, 0) is 4.74 Å². The average Bonchev–Trinajstić information content (AvgIpc) is 2.40. The van der Waals surface area contributed by atoms with Gasteiger partial charge in [0.2, 0.25) is 0 Å². The van der Waals surface area contributed by atoms with E-state index in [1.807, 2.05) is 20.8 Å². The van der Waals surface area contributed by atoms with Gasteiger partial charge in [-0.2, -0.15) is 0 Å². The third kappa shape index (κ3) is 5.11. The predicted octanol–water partition coefficient (Wildman–Crippen LogP) is 3.83. The summed E-state index contributed by atoms with van der Waals surface area (Å²) in [5, 5.41) is 0. The monoisotopic (exact) mass is 280 g/mol. The average molecular weight is 280 g/mol. The standard InChI is InChI=1S/C16H24O4/c1-5-7-10-19-16(17)13-8-9-14(20-12(3)4)15(11-13)18-6-2/h8-9,11-12H,5-7,10H2,1-4H3. The quantitative estimate of drug-likeness (QED) is 0.536. The molecule has 0 fully saturated rings. The maximum Gasteiger partial charge on any atom is 0.338 e.